The number of ether oxygens (including phenoxy) is 1. The Balaban J connectivity index is 1.68. The quantitative estimate of drug-likeness (QED) is 0.620. The average molecular weight is 464 g/mol. The molecular formula is C23H23F3N2O5. The molecule has 1 atom stereocenters. The number of fused-ring (bicyclic) bond motifs is 3. The lowest BCUT2D eigenvalue weighted by atomic mass is 9.98. The van der Waals surface area contributed by atoms with Crippen LogP contribution >= 0.6 is 0 Å². The van der Waals surface area contributed by atoms with Crippen molar-refractivity contribution in [2.75, 3.05) is 20.2 Å². The van der Waals surface area contributed by atoms with Gasteiger partial charge in [-0.05, 0) is 22.3 Å². The highest BCUT2D eigenvalue weighted by Gasteiger charge is 2.38. The first kappa shape index (κ1) is 24.1. The fraction of sp³-hybridized carbons (Fsp3) is 0.348. The van der Waals surface area contributed by atoms with E-state index in [2.05, 4.69) is 0 Å². The number of carboxylic acids is 1. The van der Waals surface area contributed by atoms with E-state index in [1.54, 1.807) is 0 Å². The Morgan fingerprint density at radius 2 is 1.61 bits per heavy atom. The molecule has 0 bridgehead atoms. The van der Waals surface area contributed by atoms with Crippen molar-refractivity contribution >= 4 is 18.0 Å². The molecule has 3 rings (SSSR count). The summed E-state index contributed by atoms with van der Waals surface area (Å²) >= 11 is 0. The highest BCUT2D eigenvalue weighted by atomic mass is 19.4. The monoisotopic (exact) mass is 464 g/mol. The Morgan fingerprint density at radius 1 is 1.06 bits per heavy atom. The molecule has 176 valence electrons. The van der Waals surface area contributed by atoms with Gasteiger partial charge >= 0.3 is 18.2 Å². The average Bonchev–Trinajstić information content (AvgIpc) is 3.08. The minimum Gasteiger partial charge on any atom is -0.481 e. The highest BCUT2D eigenvalue weighted by molar-refractivity contribution is 5.86. The molecule has 33 heavy (non-hydrogen) atoms. The van der Waals surface area contributed by atoms with Crippen LogP contribution in [0.1, 0.15) is 29.9 Å². The number of hydrogen-bond acceptors (Lipinski definition) is 4. The van der Waals surface area contributed by atoms with Crippen LogP contribution < -0.4 is 5.32 Å². The maximum Gasteiger partial charge on any atom is 0.407 e. The Morgan fingerprint density at radius 3 is 2.12 bits per heavy atom. The number of benzene rings is 2. The first-order valence-electron chi connectivity index (χ1n) is 10.2. The lowest BCUT2D eigenvalue weighted by Crippen LogP contribution is -2.50. The van der Waals surface area contributed by atoms with E-state index in [4.69, 9.17) is 9.84 Å². The molecule has 2 amide bonds. The minimum atomic E-state index is -4.73. The summed E-state index contributed by atoms with van der Waals surface area (Å²) in [6, 6.07) is 13.2. The van der Waals surface area contributed by atoms with Gasteiger partial charge in [0.05, 0.1) is 12.8 Å². The van der Waals surface area contributed by atoms with Crippen LogP contribution in [0.25, 0.3) is 11.1 Å². The molecule has 0 saturated carbocycles. The molecule has 2 aromatic carbocycles. The lowest BCUT2D eigenvalue weighted by Gasteiger charge is -2.25. The molecule has 0 aliphatic heterocycles. The topological polar surface area (TPSA) is 95.9 Å². The van der Waals surface area contributed by atoms with E-state index in [-0.39, 0.29) is 19.1 Å². The molecular weight excluding hydrogens is 441 g/mol. The zero-order valence-electron chi connectivity index (χ0n) is 17.8. The first-order valence-corrected chi connectivity index (χ1v) is 10.2. The molecule has 0 saturated heterocycles. The van der Waals surface area contributed by atoms with Gasteiger partial charge in [-0.25, -0.2) is 4.79 Å². The minimum absolute atomic E-state index is 0.123. The Hall–Kier alpha value is -3.56. The van der Waals surface area contributed by atoms with Crippen LogP contribution in [0.2, 0.25) is 0 Å². The second-order valence-electron chi connectivity index (χ2n) is 7.75. The van der Waals surface area contributed by atoms with E-state index in [1.807, 2.05) is 53.8 Å². The molecule has 10 heteroatoms. The number of nitrogens with one attached hydrogen (secondary N) is 1. The van der Waals surface area contributed by atoms with Gasteiger partial charge in [0.15, 0.2) is 0 Å². The van der Waals surface area contributed by atoms with Crippen molar-refractivity contribution < 1.29 is 37.4 Å². The number of nitrogens with zero attached hydrogens (tertiary/aromatic N) is 1. The van der Waals surface area contributed by atoms with Crippen LogP contribution in [0.15, 0.2) is 48.5 Å². The van der Waals surface area contributed by atoms with Crippen LogP contribution in [0.4, 0.5) is 18.0 Å². The van der Waals surface area contributed by atoms with Crippen LogP contribution in [-0.2, 0) is 14.3 Å². The number of alkyl carbamates (subject to hydrolysis) is 1. The van der Waals surface area contributed by atoms with E-state index in [0.717, 1.165) is 27.2 Å². The molecule has 1 unspecified atom stereocenters. The molecule has 1 aliphatic rings. The summed E-state index contributed by atoms with van der Waals surface area (Å²) in [6.07, 6.45) is -7.93. The summed E-state index contributed by atoms with van der Waals surface area (Å²) in [5.41, 5.74) is 3.85. The van der Waals surface area contributed by atoms with Crippen LogP contribution in [0, 0.1) is 0 Å². The highest BCUT2D eigenvalue weighted by Crippen LogP contribution is 2.44. The maximum atomic E-state index is 13.0. The standard InChI is InChI=1S/C23H23F3N2O5/c1-28(11-10-20(29)30)21(31)19(12-23(24,25)26)27-22(32)33-13-18-16-8-4-2-6-14(16)15-7-3-5-9-17(15)18/h2-9,18-19H,10-13H2,1H3,(H,27,32)(H,29,30). The molecule has 0 aromatic heterocycles. The fourth-order valence-corrected chi connectivity index (χ4v) is 3.85. The summed E-state index contributed by atoms with van der Waals surface area (Å²) in [5.74, 6) is -2.55. The van der Waals surface area contributed by atoms with Crippen molar-refractivity contribution in [1.82, 2.24) is 10.2 Å². The van der Waals surface area contributed by atoms with E-state index in [9.17, 15) is 27.6 Å². The van der Waals surface area contributed by atoms with Crippen molar-refractivity contribution in [2.45, 2.75) is 31.0 Å². The number of carbonyl (C=O) groups is 3. The van der Waals surface area contributed by atoms with Gasteiger partial charge in [0.2, 0.25) is 5.91 Å². The van der Waals surface area contributed by atoms with Gasteiger partial charge in [-0.2, -0.15) is 13.2 Å². The summed E-state index contributed by atoms with van der Waals surface area (Å²) in [6.45, 7) is -0.420. The van der Waals surface area contributed by atoms with Gasteiger partial charge in [0.1, 0.15) is 12.6 Å². The number of likely N-dealkylation sites (N-methyl/N-ethyl adjacent to an activating group) is 1. The third kappa shape index (κ3) is 6.03. The lowest BCUT2D eigenvalue weighted by molar-refractivity contribution is -0.153. The molecule has 0 radical (unpaired) electrons. The second-order valence-corrected chi connectivity index (χ2v) is 7.75. The molecule has 7 nitrogen and oxygen atoms in total. The van der Waals surface area contributed by atoms with Crippen molar-refractivity contribution in [2.24, 2.45) is 0 Å². The Bertz CT molecular complexity index is 995. The van der Waals surface area contributed by atoms with E-state index >= 15 is 0 Å². The number of alkyl halides is 3. The van der Waals surface area contributed by atoms with Gasteiger partial charge < -0.3 is 20.1 Å². The zero-order valence-corrected chi connectivity index (χ0v) is 17.8. The number of amides is 2. The zero-order chi connectivity index (χ0) is 24.2. The molecule has 2 N–H and O–H groups in total. The van der Waals surface area contributed by atoms with Crippen molar-refractivity contribution in [1.29, 1.82) is 0 Å². The van der Waals surface area contributed by atoms with Gasteiger partial charge in [0, 0.05) is 19.5 Å². The molecule has 2 aromatic rings. The van der Waals surface area contributed by atoms with Gasteiger partial charge in [-0.1, -0.05) is 48.5 Å². The van der Waals surface area contributed by atoms with E-state index in [0.29, 0.717) is 0 Å². The predicted octanol–water partition coefficient (Wildman–Crippen LogP) is 3.78. The number of carbonyl (C=O) groups excluding carboxylic acids is 2. The van der Waals surface area contributed by atoms with Gasteiger partial charge in [0.25, 0.3) is 0 Å². The van der Waals surface area contributed by atoms with Crippen molar-refractivity contribution in [3.8, 4) is 11.1 Å². The van der Waals surface area contributed by atoms with E-state index < -0.39 is 43.0 Å². The number of rotatable bonds is 8. The molecule has 0 fully saturated rings. The number of carboxylic acid groups (broad SMARTS) is 1. The summed E-state index contributed by atoms with van der Waals surface area (Å²) in [7, 11) is 1.17. The Labute approximate surface area is 188 Å². The summed E-state index contributed by atoms with van der Waals surface area (Å²) < 4.78 is 44.2. The SMILES string of the molecule is CN(CCC(=O)O)C(=O)C(CC(F)(F)F)NC(=O)OCC1c2ccccc2-c2ccccc21. The fourth-order valence-electron chi connectivity index (χ4n) is 3.85. The van der Waals surface area contributed by atoms with E-state index in [1.165, 1.54) is 7.05 Å². The van der Waals surface area contributed by atoms with Crippen LogP contribution in [-0.4, -0.2) is 60.4 Å². The number of aliphatic carboxylic acids is 1. The predicted molar refractivity (Wildman–Crippen MR) is 113 cm³/mol. The van der Waals surface area contributed by atoms with Gasteiger partial charge in [-0.3, -0.25) is 9.59 Å². The largest absolute Gasteiger partial charge is 0.481 e. The van der Waals surface area contributed by atoms with Crippen LogP contribution in [0.3, 0.4) is 0 Å². The third-order valence-corrected chi connectivity index (χ3v) is 5.41. The Kier molecular flexibility index (Phi) is 7.25. The normalized spacial score (nSPS) is 13.6. The summed E-state index contributed by atoms with van der Waals surface area (Å²) in [4.78, 5) is 36.3. The van der Waals surface area contributed by atoms with Crippen molar-refractivity contribution in [3.63, 3.8) is 0 Å². The smallest absolute Gasteiger partial charge is 0.407 e. The molecule has 0 heterocycles. The first-order chi connectivity index (χ1) is 15.6. The third-order valence-electron chi connectivity index (χ3n) is 5.41. The second kappa shape index (κ2) is 9.93. The molecule has 0 spiro atoms. The van der Waals surface area contributed by atoms with Crippen molar-refractivity contribution in [3.05, 3.63) is 59.7 Å². The van der Waals surface area contributed by atoms with Crippen LogP contribution in [0.5, 0.6) is 0 Å². The summed E-state index contributed by atoms with van der Waals surface area (Å²) in [5, 5.41) is 10.7. The maximum absolute atomic E-state index is 13.0. The molecule has 1 aliphatic carbocycles. The number of hydrogen-bond donors (Lipinski definition) is 2. The van der Waals surface area contributed by atoms with Gasteiger partial charge in [-0.15, -0.1) is 0 Å². The number of halogens is 3.